The fraction of sp³-hybridized carbons (Fsp3) is 0.100. The first-order chi connectivity index (χ1) is 13.1. The van der Waals surface area contributed by atoms with E-state index in [1.807, 2.05) is 18.2 Å². The van der Waals surface area contributed by atoms with E-state index in [-0.39, 0.29) is 5.91 Å². The van der Waals surface area contributed by atoms with Gasteiger partial charge in [-0.2, -0.15) is 0 Å². The number of amides is 1. The Morgan fingerprint density at radius 3 is 2.37 bits per heavy atom. The third-order valence-corrected chi connectivity index (χ3v) is 4.09. The molecule has 0 aliphatic carbocycles. The van der Waals surface area contributed by atoms with Crippen LogP contribution in [-0.2, 0) is 0 Å². The molecular formula is C20H18ClN3O3. The van der Waals surface area contributed by atoms with Crippen LogP contribution in [0.1, 0.15) is 10.4 Å². The third kappa shape index (κ3) is 4.48. The van der Waals surface area contributed by atoms with Crippen molar-refractivity contribution in [3.63, 3.8) is 0 Å². The molecule has 27 heavy (non-hydrogen) atoms. The maximum atomic E-state index is 12.2. The highest BCUT2D eigenvalue weighted by molar-refractivity contribution is 6.32. The van der Waals surface area contributed by atoms with Crippen LogP contribution < -0.4 is 20.1 Å². The molecule has 3 rings (SSSR count). The second-order valence-electron chi connectivity index (χ2n) is 5.56. The Balaban J connectivity index is 1.74. The van der Waals surface area contributed by atoms with E-state index >= 15 is 0 Å². The molecule has 0 saturated heterocycles. The lowest BCUT2D eigenvalue weighted by molar-refractivity contribution is 0.102. The van der Waals surface area contributed by atoms with Gasteiger partial charge in [0, 0.05) is 17.7 Å². The van der Waals surface area contributed by atoms with Gasteiger partial charge in [0.25, 0.3) is 5.91 Å². The van der Waals surface area contributed by atoms with Gasteiger partial charge in [-0.3, -0.25) is 4.79 Å². The summed E-state index contributed by atoms with van der Waals surface area (Å²) in [5, 5.41) is 6.41. The van der Waals surface area contributed by atoms with Crippen molar-refractivity contribution in [2.24, 2.45) is 0 Å². The van der Waals surface area contributed by atoms with E-state index in [1.54, 1.807) is 56.8 Å². The lowest BCUT2D eigenvalue weighted by atomic mass is 10.2. The molecule has 2 aromatic carbocycles. The van der Waals surface area contributed by atoms with Crippen LogP contribution in [0.5, 0.6) is 11.5 Å². The van der Waals surface area contributed by atoms with Gasteiger partial charge >= 0.3 is 0 Å². The molecule has 0 bridgehead atoms. The highest BCUT2D eigenvalue weighted by Gasteiger charge is 2.11. The van der Waals surface area contributed by atoms with Gasteiger partial charge in [0.05, 0.1) is 36.8 Å². The van der Waals surface area contributed by atoms with Gasteiger partial charge in [0.2, 0.25) is 0 Å². The molecule has 0 saturated carbocycles. The van der Waals surface area contributed by atoms with Gasteiger partial charge in [-0.05, 0) is 24.3 Å². The number of ether oxygens (including phenoxy) is 2. The van der Waals surface area contributed by atoms with Gasteiger partial charge < -0.3 is 20.1 Å². The quantitative estimate of drug-likeness (QED) is 0.642. The van der Waals surface area contributed by atoms with E-state index in [0.29, 0.717) is 39.3 Å². The first-order valence-corrected chi connectivity index (χ1v) is 8.49. The Kier molecular flexibility index (Phi) is 5.78. The molecule has 6 nitrogen and oxygen atoms in total. The standard InChI is InChI=1S/C20H18ClN3O3/c1-26-17-11-16(18(27-2)10-15(17)21)24-19-9-8-14(12-22-19)23-20(25)13-6-4-3-5-7-13/h3-12H,1-2H3,(H,22,24)(H,23,25). The predicted octanol–water partition coefficient (Wildman–Crippen LogP) is 4.75. The minimum atomic E-state index is -0.192. The summed E-state index contributed by atoms with van der Waals surface area (Å²) in [7, 11) is 3.10. The summed E-state index contributed by atoms with van der Waals surface area (Å²) in [6.45, 7) is 0. The minimum absolute atomic E-state index is 0.192. The normalized spacial score (nSPS) is 10.2. The summed E-state index contributed by atoms with van der Waals surface area (Å²) in [5.41, 5.74) is 1.83. The van der Waals surface area contributed by atoms with E-state index in [4.69, 9.17) is 21.1 Å². The fourth-order valence-corrected chi connectivity index (χ4v) is 2.66. The van der Waals surface area contributed by atoms with Gasteiger partial charge in [0.1, 0.15) is 17.3 Å². The Morgan fingerprint density at radius 1 is 1.00 bits per heavy atom. The molecule has 3 aromatic rings. The Morgan fingerprint density at radius 2 is 1.74 bits per heavy atom. The van der Waals surface area contributed by atoms with Crippen molar-refractivity contribution < 1.29 is 14.3 Å². The molecule has 1 heterocycles. The van der Waals surface area contributed by atoms with Crippen LogP contribution in [0.25, 0.3) is 0 Å². The third-order valence-electron chi connectivity index (χ3n) is 3.79. The maximum absolute atomic E-state index is 12.2. The van der Waals surface area contributed by atoms with E-state index in [9.17, 15) is 4.79 Å². The van der Waals surface area contributed by atoms with Gasteiger partial charge in [-0.1, -0.05) is 29.8 Å². The van der Waals surface area contributed by atoms with Crippen LogP contribution in [0.3, 0.4) is 0 Å². The second-order valence-corrected chi connectivity index (χ2v) is 5.97. The zero-order chi connectivity index (χ0) is 19.2. The summed E-state index contributed by atoms with van der Waals surface area (Å²) in [6.07, 6.45) is 1.57. The lowest BCUT2D eigenvalue weighted by Gasteiger charge is -2.14. The number of nitrogens with one attached hydrogen (secondary N) is 2. The van der Waals surface area contributed by atoms with Crippen LogP contribution in [-0.4, -0.2) is 25.1 Å². The SMILES string of the molecule is COc1cc(Nc2ccc(NC(=O)c3ccccc3)cn2)c(OC)cc1Cl. The number of hydrogen-bond donors (Lipinski definition) is 2. The number of methoxy groups -OCH3 is 2. The van der Waals surface area contributed by atoms with Crippen molar-refractivity contribution >= 4 is 34.7 Å². The molecule has 0 fully saturated rings. The first-order valence-electron chi connectivity index (χ1n) is 8.11. The smallest absolute Gasteiger partial charge is 0.255 e. The molecule has 0 atom stereocenters. The summed E-state index contributed by atoms with van der Waals surface area (Å²) < 4.78 is 10.6. The topological polar surface area (TPSA) is 72.5 Å². The molecule has 2 N–H and O–H groups in total. The zero-order valence-electron chi connectivity index (χ0n) is 14.8. The molecule has 0 aliphatic heterocycles. The fourth-order valence-electron chi connectivity index (χ4n) is 2.43. The van der Waals surface area contributed by atoms with Crippen molar-refractivity contribution in [1.29, 1.82) is 0 Å². The van der Waals surface area contributed by atoms with E-state index < -0.39 is 0 Å². The molecule has 138 valence electrons. The second kappa shape index (κ2) is 8.42. The average molecular weight is 384 g/mol. The number of aromatic nitrogens is 1. The van der Waals surface area contributed by atoms with Crippen LogP contribution in [0.4, 0.5) is 17.2 Å². The van der Waals surface area contributed by atoms with Crippen molar-refractivity contribution in [3.05, 3.63) is 71.4 Å². The van der Waals surface area contributed by atoms with Crippen LogP contribution in [0.2, 0.25) is 5.02 Å². The molecule has 0 radical (unpaired) electrons. The predicted molar refractivity (Wildman–Crippen MR) is 106 cm³/mol. The van der Waals surface area contributed by atoms with Gasteiger partial charge in [-0.25, -0.2) is 4.98 Å². The molecule has 1 amide bonds. The first kappa shape index (κ1) is 18.5. The number of anilines is 3. The molecule has 0 spiro atoms. The molecule has 0 aliphatic rings. The number of nitrogens with zero attached hydrogens (tertiary/aromatic N) is 1. The number of benzene rings is 2. The number of carbonyl (C=O) groups excluding carboxylic acids is 1. The lowest BCUT2D eigenvalue weighted by Crippen LogP contribution is -2.11. The monoisotopic (exact) mass is 383 g/mol. The largest absolute Gasteiger partial charge is 0.495 e. The molecule has 7 heteroatoms. The van der Waals surface area contributed by atoms with E-state index in [2.05, 4.69) is 15.6 Å². The van der Waals surface area contributed by atoms with E-state index in [1.165, 1.54) is 0 Å². The highest BCUT2D eigenvalue weighted by atomic mass is 35.5. The number of hydrogen-bond acceptors (Lipinski definition) is 5. The molecular weight excluding hydrogens is 366 g/mol. The maximum Gasteiger partial charge on any atom is 0.255 e. The van der Waals surface area contributed by atoms with Crippen molar-refractivity contribution in [1.82, 2.24) is 4.98 Å². The van der Waals surface area contributed by atoms with Gasteiger partial charge in [-0.15, -0.1) is 0 Å². The summed E-state index contributed by atoms with van der Waals surface area (Å²) in [6, 6.07) is 15.9. The average Bonchev–Trinajstić information content (AvgIpc) is 2.71. The number of rotatable bonds is 6. The van der Waals surface area contributed by atoms with Gasteiger partial charge in [0.15, 0.2) is 0 Å². The minimum Gasteiger partial charge on any atom is -0.495 e. The zero-order valence-corrected chi connectivity index (χ0v) is 15.6. The number of carbonyl (C=O) groups is 1. The van der Waals surface area contributed by atoms with Crippen LogP contribution in [0.15, 0.2) is 60.8 Å². The Hall–Kier alpha value is -3.25. The summed E-state index contributed by atoms with van der Waals surface area (Å²) >= 11 is 6.11. The Labute approximate surface area is 162 Å². The summed E-state index contributed by atoms with van der Waals surface area (Å²) in [4.78, 5) is 16.5. The van der Waals surface area contributed by atoms with Crippen molar-refractivity contribution in [2.75, 3.05) is 24.9 Å². The van der Waals surface area contributed by atoms with Crippen molar-refractivity contribution in [2.45, 2.75) is 0 Å². The van der Waals surface area contributed by atoms with Crippen LogP contribution in [0, 0.1) is 0 Å². The Bertz CT molecular complexity index is 931. The van der Waals surface area contributed by atoms with Crippen molar-refractivity contribution in [3.8, 4) is 11.5 Å². The van der Waals surface area contributed by atoms with Crippen LogP contribution >= 0.6 is 11.6 Å². The van der Waals surface area contributed by atoms with E-state index in [0.717, 1.165) is 0 Å². The highest BCUT2D eigenvalue weighted by Crippen LogP contribution is 2.37. The molecule has 1 aromatic heterocycles. The number of halogens is 1. The molecule has 0 unspecified atom stereocenters. The summed E-state index contributed by atoms with van der Waals surface area (Å²) in [5.74, 6) is 1.47. The number of pyridine rings is 1.